The van der Waals surface area contributed by atoms with E-state index in [1.807, 2.05) is 66.7 Å². The molecule has 160 valence electrons. The summed E-state index contributed by atoms with van der Waals surface area (Å²) in [5, 5.41) is 4.01. The number of carbonyl (C=O) groups excluding carboxylic acids is 1. The molecule has 0 aliphatic rings. The van der Waals surface area contributed by atoms with Gasteiger partial charge in [0.2, 0.25) is 5.91 Å². The third-order valence-corrected chi connectivity index (χ3v) is 6.37. The fraction of sp³-hybridized carbons (Fsp3) is 0.130. The predicted molar refractivity (Wildman–Crippen MR) is 132 cm³/mol. The summed E-state index contributed by atoms with van der Waals surface area (Å²) in [7, 11) is 1.62. The maximum absolute atomic E-state index is 12.0. The molecule has 0 aliphatic heterocycles. The van der Waals surface area contributed by atoms with Crippen LogP contribution in [0.25, 0.3) is 0 Å². The second-order valence-corrected chi connectivity index (χ2v) is 9.17. The van der Waals surface area contributed by atoms with Gasteiger partial charge in [0.25, 0.3) is 0 Å². The van der Waals surface area contributed by atoms with E-state index in [9.17, 15) is 4.79 Å². The molecule has 3 rings (SSSR count). The lowest BCUT2D eigenvalue weighted by molar-refractivity contribution is -0.118. The van der Waals surface area contributed by atoms with Gasteiger partial charge < -0.3 is 9.47 Å². The maximum Gasteiger partial charge on any atom is 0.250 e. The summed E-state index contributed by atoms with van der Waals surface area (Å²) >= 11 is 8.41. The van der Waals surface area contributed by atoms with Crippen molar-refractivity contribution in [2.75, 3.05) is 12.9 Å². The number of ether oxygens (including phenoxy) is 2. The van der Waals surface area contributed by atoms with E-state index in [0.29, 0.717) is 6.61 Å². The standard InChI is InChI=1S/C23H20Br2N2O3S/c1-29-19-8-10-21(11-9-19)31-15-23(28)27-26-13-16-2-6-20(7-3-16)30-14-17-4-5-18(24)12-22(17)25/h2-13H,14-15H2,1H3,(H,27,28)/b26-13+. The first-order valence-corrected chi connectivity index (χ1v) is 11.9. The average molecular weight is 564 g/mol. The average Bonchev–Trinajstić information content (AvgIpc) is 2.78. The lowest BCUT2D eigenvalue weighted by Gasteiger charge is -2.08. The minimum atomic E-state index is -0.169. The van der Waals surface area contributed by atoms with E-state index in [2.05, 4.69) is 42.4 Å². The number of amides is 1. The van der Waals surface area contributed by atoms with Gasteiger partial charge in [-0.1, -0.05) is 37.9 Å². The Morgan fingerprint density at radius 1 is 1.03 bits per heavy atom. The topological polar surface area (TPSA) is 59.9 Å². The molecule has 0 aliphatic carbocycles. The molecule has 31 heavy (non-hydrogen) atoms. The van der Waals surface area contributed by atoms with Crippen LogP contribution in [0.2, 0.25) is 0 Å². The number of hydrogen-bond donors (Lipinski definition) is 1. The Bertz CT molecular complexity index is 1040. The molecule has 0 unspecified atom stereocenters. The van der Waals surface area contributed by atoms with Crippen molar-refractivity contribution < 1.29 is 14.3 Å². The third-order valence-electron chi connectivity index (χ3n) is 4.12. The molecule has 0 spiro atoms. The number of nitrogens with zero attached hydrogens (tertiary/aromatic N) is 1. The van der Waals surface area contributed by atoms with Gasteiger partial charge in [0.15, 0.2) is 0 Å². The van der Waals surface area contributed by atoms with Crippen molar-refractivity contribution in [3.63, 3.8) is 0 Å². The SMILES string of the molecule is COc1ccc(SCC(=O)N/N=C/c2ccc(OCc3ccc(Br)cc3Br)cc2)cc1. The molecule has 3 aromatic rings. The number of rotatable bonds is 9. The highest BCUT2D eigenvalue weighted by Crippen LogP contribution is 2.24. The first-order chi connectivity index (χ1) is 15.0. The van der Waals surface area contributed by atoms with Crippen molar-refractivity contribution in [1.29, 1.82) is 0 Å². The summed E-state index contributed by atoms with van der Waals surface area (Å²) in [4.78, 5) is 12.9. The molecule has 0 saturated heterocycles. The number of carbonyl (C=O) groups is 1. The number of hydrazone groups is 1. The van der Waals surface area contributed by atoms with Crippen molar-refractivity contribution >= 4 is 55.7 Å². The zero-order valence-electron chi connectivity index (χ0n) is 16.7. The van der Waals surface area contributed by atoms with Crippen LogP contribution >= 0.6 is 43.6 Å². The van der Waals surface area contributed by atoms with Gasteiger partial charge in [-0.05, 0) is 66.2 Å². The molecule has 0 bridgehead atoms. The molecule has 0 fully saturated rings. The normalized spacial score (nSPS) is 10.8. The monoisotopic (exact) mass is 562 g/mol. The fourth-order valence-electron chi connectivity index (χ4n) is 2.48. The van der Waals surface area contributed by atoms with Crippen LogP contribution in [0.3, 0.4) is 0 Å². The minimum absolute atomic E-state index is 0.169. The van der Waals surface area contributed by atoms with E-state index in [4.69, 9.17) is 9.47 Å². The second-order valence-electron chi connectivity index (χ2n) is 6.35. The highest BCUT2D eigenvalue weighted by Gasteiger charge is 2.03. The van der Waals surface area contributed by atoms with Gasteiger partial charge in [0.1, 0.15) is 18.1 Å². The van der Waals surface area contributed by atoms with Crippen molar-refractivity contribution in [2.24, 2.45) is 5.10 Å². The fourth-order valence-corrected chi connectivity index (χ4v) is 4.33. The van der Waals surface area contributed by atoms with Crippen molar-refractivity contribution in [1.82, 2.24) is 5.43 Å². The molecule has 1 N–H and O–H groups in total. The van der Waals surface area contributed by atoms with Gasteiger partial charge in [-0.15, -0.1) is 11.8 Å². The van der Waals surface area contributed by atoms with Crippen LogP contribution < -0.4 is 14.9 Å². The van der Waals surface area contributed by atoms with Crippen LogP contribution in [0.4, 0.5) is 0 Å². The molecule has 0 heterocycles. The van der Waals surface area contributed by atoms with Crippen LogP contribution in [0.1, 0.15) is 11.1 Å². The van der Waals surface area contributed by atoms with E-state index < -0.39 is 0 Å². The predicted octanol–water partition coefficient (Wildman–Crippen LogP) is 6.04. The smallest absolute Gasteiger partial charge is 0.250 e. The van der Waals surface area contributed by atoms with Crippen molar-refractivity contribution in [3.05, 3.63) is 86.8 Å². The van der Waals surface area contributed by atoms with Crippen molar-refractivity contribution in [2.45, 2.75) is 11.5 Å². The number of halogens is 2. The Kier molecular flexibility index (Phi) is 8.99. The van der Waals surface area contributed by atoms with E-state index in [0.717, 1.165) is 36.5 Å². The summed E-state index contributed by atoms with van der Waals surface area (Å²) in [6, 6.07) is 21.0. The zero-order valence-corrected chi connectivity index (χ0v) is 20.7. The largest absolute Gasteiger partial charge is 0.497 e. The highest BCUT2D eigenvalue weighted by atomic mass is 79.9. The second kappa shape index (κ2) is 11.9. The molecule has 5 nitrogen and oxygen atoms in total. The summed E-state index contributed by atoms with van der Waals surface area (Å²) in [6.45, 7) is 0.462. The summed E-state index contributed by atoms with van der Waals surface area (Å²) in [5.41, 5.74) is 4.46. The van der Waals surface area contributed by atoms with Gasteiger partial charge in [0, 0.05) is 19.4 Å². The summed E-state index contributed by atoms with van der Waals surface area (Å²) < 4.78 is 13.0. The lowest BCUT2D eigenvalue weighted by atomic mass is 10.2. The molecule has 0 atom stereocenters. The molecular formula is C23H20Br2N2O3S. The van der Waals surface area contributed by atoms with Gasteiger partial charge in [-0.25, -0.2) is 5.43 Å². The van der Waals surface area contributed by atoms with Gasteiger partial charge >= 0.3 is 0 Å². The molecule has 8 heteroatoms. The number of nitrogens with one attached hydrogen (secondary N) is 1. The quantitative estimate of drug-likeness (QED) is 0.196. The van der Waals surface area contributed by atoms with E-state index in [1.165, 1.54) is 11.8 Å². The molecule has 0 aromatic heterocycles. The lowest BCUT2D eigenvalue weighted by Crippen LogP contribution is -2.19. The molecule has 3 aromatic carbocycles. The van der Waals surface area contributed by atoms with Crippen LogP contribution in [0.15, 0.2) is 85.7 Å². The summed E-state index contributed by atoms with van der Waals surface area (Å²) in [5.74, 6) is 1.65. The van der Waals surface area contributed by atoms with Crippen molar-refractivity contribution in [3.8, 4) is 11.5 Å². The Morgan fingerprint density at radius 2 is 1.74 bits per heavy atom. The van der Waals surface area contributed by atoms with Crippen LogP contribution in [0, 0.1) is 0 Å². The Morgan fingerprint density at radius 3 is 2.42 bits per heavy atom. The third kappa shape index (κ3) is 7.72. The maximum atomic E-state index is 12.0. The molecule has 0 radical (unpaired) electrons. The first-order valence-electron chi connectivity index (χ1n) is 9.29. The van der Waals surface area contributed by atoms with Gasteiger partial charge in [0.05, 0.1) is 19.1 Å². The first kappa shape index (κ1) is 23.4. The number of benzene rings is 3. The molecule has 1 amide bonds. The van der Waals surface area contributed by atoms with Crippen LogP contribution in [-0.2, 0) is 11.4 Å². The number of hydrogen-bond acceptors (Lipinski definition) is 5. The Balaban J connectivity index is 1.42. The Hall–Kier alpha value is -2.29. The van der Waals surface area contributed by atoms with E-state index >= 15 is 0 Å². The summed E-state index contributed by atoms with van der Waals surface area (Å²) in [6.07, 6.45) is 1.60. The molecule has 0 saturated carbocycles. The van der Waals surface area contributed by atoms with E-state index in [1.54, 1.807) is 13.3 Å². The minimum Gasteiger partial charge on any atom is -0.497 e. The van der Waals surface area contributed by atoms with Crippen LogP contribution in [0.5, 0.6) is 11.5 Å². The Labute approximate surface area is 202 Å². The highest BCUT2D eigenvalue weighted by molar-refractivity contribution is 9.11. The van der Waals surface area contributed by atoms with Gasteiger partial charge in [-0.3, -0.25) is 4.79 Å². The molecular weight excluding hydrogens is 544 g/mol. The zero-order chi connectivity index (χ0) is 22.1. The number of thioether (sulfide) groups is 1. The van der Waals surface area contributed by atoms with Gasteiger partial charge in [-0.2, -0.15) is 5.10 Å². The van der Waals surface area contributed by atoms with Crippen LogP contribution in [-0.4, -0.2) is 25.0 Å². The van der Waals surface area contributed by atoms with E-state index in [-0.39, 0.29) is 11.7 Å². The number of methoxy groups -OCH3 is 1.